The summed E-state index contributed by atoms with van der Waals surface area (Å²) in [5.74, 6) is -0.0613. The molecule has 1 unspecified atom stereocenters. The molecule has 1 N–H and O–H groups in total. The summed E-state index contributed by atoms with van der Waals surface area (Å²) in [5, 5.41) is 6.43. The largest absolute Gasteiger partial charge is 0.453 e. The molecule has 24 heavy (non-hydrogen) atoms. The van der Waals surface area contributed by atoms with E-state index in [1.165, 1.54) is 6.92 Å². The van der Waals surface area contributed by atoms with E-state index in [0.717, 1.165) is 5.56 Å². The van der Waals surface area contributed by atoms with E-state index in [0.29, 0.717) is 18.3 Å². The molecule has 1 heterocycles. The van der Waals surface area contributed by atoms with Gasteiger partial charge in [0.2, 0.25) is 11.7 Å². The van der Waals surface area contributed by atoms with Gasteiger partial charge in [0.1, 0.15) is 0 Å². The minimum Gasteiger partial charge on any atom is -0.453 e. The molecule has 2 aromatic rings. The first-order valence-electron chi connectivity index (χ1n) is 7.56. The van der Waals surface area contributed by atoms with Crippen molar-refractivity contribution in [3.63, 3.8) is 0 Å². The van der Waals surface area contributed by atoms with Gasteiger partial charge in [0.25, 0.3) is 5.91 Å². The Balaban J connectivity index is 1.81. The average Bonchev–Trinajstić information content (AvgIpc) is 3.07. The number of aryl methyl sites for hydroxylation is 1. The van der Waals surface area contributed by atoms with E-state index in [-0.39, 0.29) is 18.7 Å². The summed E-state index contributed by atoms with van der Waals surface area (Å²) in [6.45, 7) is 5.33. The molecule has 1 atom stereocenters. The molecule has 0 aliphatic rings. The number of esters is 1. The van der Waals surface area contributed by atoms with E-state index in [4.69, 9.17) is 9.26 Å². The van der Waals surface area contributed by atoms with E-state index in [9.17, 15) is 9.59 Å². The van der Waals surface area contributed by atoms with Crippen molar-refractivity contribution >= 4 is 11.9 Å². The highest BCUT2D eigenvalue weighted by Crippen LogP contribution is 2.15. The van der Waals surface area contributed by atoms with E-state index >= 15 is 0 Å². The normalized spacial score (nSPS) is 11.5. The van der Waals surface area contributed by atoms with Gasteiger partial charge in [-0.15, -0.1) is 6.58 Å². The van der Waals surface area contributed by atoms with Gasteiger partial charge >= 0.3 is 5.97 Å². The Bertz CT molecular complexity index is 697. The van der Waals surface area contributed by atoms with Gasteiger partial charge in [-0.3, -0.25) is 9.59 Å². The molecule has 2 rings (SSSR count). The van der Waals surface area contributed by atoms with E-state index in [2.05, 4.69) is 22.0 Å². The summed E-state index contributed by atoms with van der Waals surface area (Å²) in [7, 11) is 0. The van der Waals surface area contributed by atoms with Crippen molar-refractivity contribution in [3.05, 3.63) is 48.9 Å². The molecule has 0 saturated carbocycles. The van der Waals surface area contributed by atoms with Gasteiger partial charge in [-0.05, 0) is 6.92 Å². The fourth-order valence-corrected chi connectivity index (χ4v) is 1.90. The van der Waals surface area contributed by atoms with Crippen LogP contribution in [0.25, 0.3) is 11.4 Å². The number of carbonyl (C=O) groups excluding carboxylic acids is 2. The van der Waals surface area contributed by atoms with Crippen LogP contribution in [0.1, 0.15) is 19.2 Å². The Morgan fingerprint density at radius 3 is 2.83 bits per heavy atom. The predicted molar refractivity (Wildman–Crippen MR) is 86.8 cm³/mol. The van der Waals surface area contributed by atoms with Crippen LogP contribution in [0.4, 0.5) is 0 Å². The number of hydrogen-bond donors (Lipinski definition) is 1. The van der Waals surface area contributed by atoms with Crippen molar-refractivity contribution in [1.29, 1.82) is 0 Å². The fraction of sp³-hybridized carbons (Fsp3) is 0.294. The first kappa shape index (κ1) is 17.4. The molecule has 7 heteroatoms. The van der Waals surface area contributed by atoms with Gasteiger partial charge in [-0.25, -0.2) is 0 Å². The molecular weight excluding hydrogens is 310 g/mol. The summed E-state index contributed by atoms with van der Waals surface area (Å²) in [4.78, 5) is 27.6. The Morgan fingerprint density at radius 2 is 2.12 bits per heavy atom. The molecule has 1 aromatic heterocycles. The Hall–Kier alpha value is -2.96. The van der Waals surface area contributed by atoms with Crippen LogP contribution in [0.15, 0.2) is 47.5 Å². The molecule has 7 nitrogen and oxygen atoms in total. The van der Waals surface area contributed by atoms with Gasteiger partial charge in [0.15, 0.2) is 6.10 Å². The maximum Gasteiger partial charge on any atom is 0.307 e. The topological polar surface area (TPSA) is 94.3 Å². The smallest absolute Gasteiger partial charge is 0.307 e. The molecular formula is C17H19N3O4. The maximum absolute atomic E-state index is 11.8. The third-order valence-corrected chi connectivity index (χ3v) is 3.14. The summed E-state index contributed by atoms with van der Waals surface area (Å²) in [5.41, 5.74) is 0.836. The number of hydrogen-bond acceptors (Lipinski definition) is 6. The molecule has 0 radical (unpaired) electrons. The van der Waals surface area contributed by atoms with E-state index in [1.54, 1.807) is 6.08 Å². The van der Waals surface area contributed by atoms with E-state index in [1.807, 2.05) is 30.3 Å². The second kappa shape index (κ2) is 8.61. The van der Waals surface area contributed by atoms with Crippen molar-refractivity contribution < 1.29 is 18.8 Å². The molecule has 0 fully saturated rings. The average molecular weight is 329 g/mol. The van der Waals surface area contributed by atoms with Crippen LogP contribution < -0.4 is 5.32 Å². The number of carbonyl (C=O) groups is 2. The fourth-order valence-electron chi connectivity index (χ4n) is 1.90. The van der Waals surface area contributed by atoms with Crippen LogP contribution in [0.5, 0.6) is 0 Å². The Morgan fingerprint density at radius 1 is 1.38 bits per heavy atom. The summed E-state index contributed by atoms with van der Waals surface area (Å²) < 4.78 is 10.2. The Labute approximate surface area is 139 Å². The van der Waals surface area contributed by atoms with Crippen molar-refractivity contribution in [2.24, 2.45) is 0 Å². The number of amides is 1. The summed E-state index contributed by atoms with van der Waals surface area (Å²) in [6.07, 6.45) is 0.988. The molecule has 0 aliphatic carbocycles. The second-order valence-corrected chi connectivity index (χ2v) is 5.04. The van der Waals surface area contributed by atoms with E-state index < -0.39 is 12.1 Å². The van der Waals surface area contributed by atoms with Crippen molar-refractivity contribution in [2.75, 3.05) is 6.54 Å². The van der Waals surface area contributed by atoms with Crippen molar-refractivity contribution in [1.82, 2.24) is 15.5 Å². The SMILES string of the molecule is C=CCNC(=O)C(C)OC(=O)CCc1nc(-c2ccccc2)no1. The standard InChI is InChI=1S/C17H19N3O4/c1-3-11-18-17(22)12(2)23-15(21)10-9-14-19-16(20-24-14)13-7-5-4-6-8-13/h3-8,12H,1,9-11H2,2H3,(H,18,22). The second-order valence-electron chi connectivity index (χ2n) is 5.04. The molecule has 0 bridgehead atoms. The summed E-state index contributed by atoms with van der Waals surface area (Å²) in [6, 6.07) is 9.38. The van der Waals surface area contributed by atoms with Crippen LogP contribution in [0, 0.1) is 0 Å². The van der Waals surface area contributed by atoms with Crippen LogP contribution in [0.2, 0.25) is 0 Å². The van der Waals surface area contributed by atoms with Crippen LogP contribution in [-0.2, 0) is 20.7 Å². The minimum atomic E-state index is -0.861. The van der Waals surface area contributed by atoms with Crippen LogP contribution in [-0.4, -0.2) is 34.7 Å². The van der Waals surface area contributed by atoms with Gasteiger partial charge < -0.3 is 14.6 Å². The number of benzene rings is 1. The lowest BCUT2D eigenvalue weighted by atomic mass is 10.2. The first-order chi connectivity index (χ1) is 11.6. The highest BCUT2D eigenvalue weighted by molar-refractivity contribution is 5.83. The maximum atomic E-state index is 11.8. The third-order valence-electron chi connectivity index (χ3n) is 3.14. The first-order valence-corrected chi connectivity index (χ1v) is 7.56. The number of aromatic nitrogens is 2. The molecule has 1 amide bonds. The quantitative estimate of drug-likeness (QED) is 0.587. The van der Waals surface area contributed by atoms with Gasteiger partial charge in [0, 0.05) is 18.5 Å². The van der Waals surface area contributed by atoms with Gasteiger partial charge in [-0.1, -0.05) is 41.6 Å². The summed E-state index contributed by atoms with van der Waals surface area (Å²) >= 11 is 0. The zero-order chi connectivity index (χ0) is 17.4. The van der Waals surface area contributed by atoms with Crippen LogP contribution >= 0.6 is 0 Å². The number of nitrogens with zero attached hydrogens (tertiary/aromatic N) is 2. The lowest BCUT2D eigenvalue weighted by molar-refractivity contribution is -0.154. The molecule has 0 spiro atoms. The minimum absolute atomic E-state index is 0.0511. The molecule has 126 valence electrons. The monoisotopic (exact) mass is 329 g/mol. The highest BCUT2D eigenvalue weighted by Gasteiger charge is 2.18. The highest BCUT2D eigenvalue weighted by atomic mass is 16.5. The number of ether oxygens (including phenoxy) is 1. The van der Waals surface area contributed by atoms with Crippen molar-refractivity contribution in [3.8, 4) is 11.4 Å². The van der Waals surface area contributed by atoms with Gasteiger partial charge in [-0.2, -0.15) is 4.98 Å². The molecule has 0 saturated heterocycles. The lowest BCUT2D eigenvalue weighted by Crippen LogP contribution is -2.35. The zero-order valence-electron chi connectivity index (χ0n) is 13.4. The van der Waals surface area contributed by atoms with Gasteiger partial charge in [0.05, 0.1) is 6.42 Å². The molecule has 1 aromatic carbocycles. The zero-order valence-corrected chi connectivity index (χ0v) is 13.4. The molecule has 0 aliphatic heterocycles. The van der Waals surface area contributed by atoms with Crippen LogP contribution in [0.3, 0.4) is 0 Å². The van der Waals surface area contributed by atoms with Crippen molar-refractivity contribution in [2.45, 2.75) is 25.9 Å². The predicted octanol–water partition coefficient (Wildman–Crippen LogP) is 1.90. The Kier molecular flexibility index (Phi) is 6.24. The lowest BCUT2D eigenvalue weighted by Gasteiger charge is -2.12. The third kappa shape index (κ3) is 5.05. The number of nitrogens with one attached hydrogen (secondary N) is 1. The number of rotatable bonds is 8.